The lowest BCUT2D eigenvalue weighted by Gasteiger charge is -2.38. The molecule has 36 heavy (non-hydrogen) atoms. The summed E-state index contributed by atoms with van der Waals surface area (Å²) in [5.74, 6) is 0.700. The van der Waals surface area contributed by atoms with Gasteiger partial charge in [0.25, 0.3) is 0 Å². The van der Waals surface area contributed by atoms with Crippen molar-refractivity contribution in [3.05, 3.63) is 89.0 Å². The number of ketones is 1. The van der Waals surface area contributed by atoms with E-state index in [2.05, 4.69) is 36.4 Å². The molecule has 184 valence electrons. The number of rotatable bonds is 5. The van der Waals surface area contributed by atoms with Gasteiger partial charge in [-0.05, 0) is 72.6 Å². The van der Waals surface area contributed by atoms with Crippen LogP contribution in [0.15, 0.2) is 66.7 Å². The topological polar surface area (TPSA) is 55.8 Å². The maximum absolute atomic E-state index is 13.4. The lowest BCUT2D eigenvalue weighted by atomic mass is 9.84. The molecule has 0 saturated carbocycles. The fourth-order valence-electron chi connectivity index (χ4n) is 6.58. The normalized spacial score (nSPS) is 22.2. The number of aryl methyl sites for hydroxylation is 1. The molecule has 1 aliphatic carbocycles. The van der Waals surface area contributed by atoms with Crippen LogP contribution in [0.1, 0.15) is 58.6 Å². The Bertz CT molecular complexity index is 1270. The Balaban J connectivity index is 1.15. The third kappa shape index (κ3) is 3.78. The molecule has 2 unspecified atom stereocenters. The molecule has 3 aromatic rings. The molecule has 2 bridgehead atoms. The van der Waals surface area contributed by atoms with Gasteiger partial charge in [0.15, 0.2) is 5.78 Å². The minimum absolute atomic E-state index is 0.0461. The summed E-state index contributed by atoms with van der Waals surface area (Å²) in [6.45, 7) is 2.32. The summed E-state index contributed by atoms with van der Waals surface area (Å²) in [5.41, 5.74) is 6.58. The molecule has 2 aliphatic heterocycles. The number of hydrogen-bond acceptors (Lipinski definition) is 4. The van der Waals surface area contributed by atoms with Crippen LogP contribution in [0.2, 0.25) is 0 Å². The molecule has 0 radical (unpaired) electrons. The van der Waals surface area contributed by atoms with Gasteiger partial charge in [-0.25, -0.2) is 4.79 Å². The quantitative estimate of drug-likeness (QED) is 0.397. The second-order valence-corrected chi connectivity index (χ2v) is 10.3. The summed E-state index contributed by atoms with van der Waals surface area (Å²) in [7, 11) is 1.61. The van der Waals surface area contributed by atoms with Crippen LogP contribution in [0.5, 0.6) is 5.75 Å². The van der Waals surface area contributed by atoms with Crippen molar-refractivity contribution in [3.63, 3.8) is 0 Å². The molecular formula is C31H31NO4. The van der Waals surface area contributed by atoms with Gasteiger partial charge in [-0.1, -0.05) is 54.6 Å². The van der Waals surface area contributed by atoms with Gasteiger partial charge in [-0.2, -0.15) is 0 Å². The number of Topliss-reactive ketones (excluding diaryl/α,β-unsaturated/α-hetero) is 1. The summed E-state index contributed by atoms with van der Waals surface area (Å²) in [6, 6.07) is 22.6. The molecule has 2 heterocycles. The number of hydrogen-bond donors (Lipinski definition) is 0. The van der Waals surface area contributed by atoms with Crippen LogP contribution in [-0.4, -0.2) is 42.6 Å². The van der Waals surface area contributed by atoms with Crippen molar-refractivity contribution in [1.82, 2.24) is 4.90 Å². The fraction of sp³-hybridized carbons (Fsp3) is 0.355. The highest BCUT2D eigenvalue weighted by atomic mass is 16.6. The zero-order valence-corrected chi connectivity index (χ0v) is 20.8. The molecule has 5 nitrogen and oxygen atoms in total. The van der Waals surface area contributed by atoms with Crippen molar-refractivity contribution in [2.45, 2.75) is 50.6 Å². The first kappa shape index (κ1) is 22.8. The highest BCUT2D eigenvalue weighted by Crippen LogP contribution is 2.45. The zero-order valence-electron chi connectivity index (χ0n) is 20.8. The first-order chi connectivity index (χ1) is 17.5. The SMILES string of the molecule is COc1cc(C)ccc1C(=O)C1CC2CCC(C1)N2C(=O)OCC1c2ccccc2-c2ccccc21. The van der Waals surface area contributed by atoms with Crippen molar-refractivity contribution < 1.29 is 19.1 Å². The van der Waals surface area contributed by atoms with Crippen LogP contribution in [0, 0.1) is 12.8 Å². The minimum Gasteiger partial charge on any atom is -0.496 e. The molecule has 3 aliphatic rings. The molecule has 2 atom stereocenters. The molecule has 6 rings (SSSR count). The molecule has 0 N–H and O–H groups in total. The number of nitrogens with zero attached hydrogens (tertiary/aromatic N) is 1. The zero-order chi connectivity index (χ0) is 24.8. The van der Waals surface area contributed by atoms with Crippen molar-refractivity contribution in [2.75, 3.05) is 13.7 Å². The van der Waals surface area contributed by atoms with Crippen LogP contribution >= 0.6 is 0 Å². The van der Waals surface area contributed by atoms with Crippen molar-refractivity contribution >= 4 is 11.9 Å². The number of carbonyl (C=O) groups is 2. The summed E-state index contributed by atoms with van der Waals surface area (Å²) in [5, 5.41) is 0. The molecule has 5 heteroatoms. The number of benzene rings is 3. The molecule has 0 spiro atoms. The second kappa shape index (κ2) is 9.12. The average molecular weight is 482 g/mol. The summed E-state index contributed by atoms with van der Waals surface area (Å²) in [4.78, 5) is 28.6. The fourth-order valence-corrected chi connectivity index (χ4v) is 6.58. The number of fused-ring (bicyclic) bond motifs is 5. The van der Waals surface area contributed by atoms with Gasteiger partial charge in [0.1, 0.15) is 12.4 Å². The number of piperidine rings is 1. The monoisotopic (exact) mass is 481 g/mol. The average Bonchev–Trinajstić information content (AvgIpc) is 3.37. The molecule has 3 aromatic carbocycles. The van der Waals surface area contributed by atoms with Crippen LogP contribution in [0.3, 0.4) is 0 Å². The predicted molar refractivity (Wildman–Crippen MR) is 139 cm³/mol. The second-order valence-electron chi connectivity index (χ2n) is 10.3. The van der Waals surface area contributed by atoms with Crippen molar-refractivity contribution in [3.8, 4) is 16.9 Å². The van der Waals surface area contributed by atoms with E-state index in [9.17, 15) is 9.59 Å². The van der Waals surface area contributed by atoms with Crippen LogP contribution in [0.4, 0.5) is 4.79 Å². The Labute approximate surface area is 212 Å². The van der Waals surface area contributed by atoms with E-state index in [0.717, 1.165) is 18.4 Å². The Morgan fingerprint density at radius 2 is 1.50 bits per heavy atom. The first-order valence-electron chi connectivity index (χ1n) is 12.9. The van der Waals surface area contributed by atoms with E-state index in [0.29, 0.717) is 30.8 Å². The van der Waals surface area contributed by atoms with Crippen LogP contribution in [0.25, 0.3) is 11.1 Å². The highest BCUT2D eigenvalue weighted by molar-refractivity contribution is 6.00. The van der Waals surface area contributed by atoms with E-state index in [1.165, 1.54) is 22.3 Å². The van der Waals surface area contributed by atoms with E-state index < -0.39 is 0 Å². The maximum Gasteiger partial charge on any atom is 0.410 e. The van der Waals surface area contributed by atoms with Crippen molar-refractivity contribution in [1.29, 1.82) is 0 Å². The van der Waals surface area contributed by atoms with E-state index in [1.807, 2.05) is 42.2 Å². The lowest BCUT2D eigenvalue weighted by molar-refractivity contribution is 0.0505. The Morgan fingerprint density at radius 3 is 2.11 bits per heavy atom. The number of carbonyl (C=O) groups excluding carboxylic acids is 2. The van der Waals surface area contributed by atoms with E-state index in [1.54, 1.807) is 7.11 Å². The third-order valence-electron chi connectivity index (χ3n) is 8.27. The molecule has 1 amide bonds. The molecule has 2 fully saturated rings. The summed E-state index contributed by atoms with van der Waals surface area (Å²) < 4.78 is 11.5. The van der Waals surface area contributed by atoms with Gasteiger partial charge in [-0.15, -0.1) is 0 Å². The van der Waals surface area contributed by atoms with Gasteiger partial charge in [0, 0.05) is 23.9 Å². The van der Waals surface area contributed by atoms with Crippen molar-refractivity contribution in [2.24, 2.45) is 5.92 Å². The van der Waals surface area contributed by atoms with E-state index >= 15 is 0 Å². The smallest absolute Gasteiger partial charge is 0.410 e. The van der Waals surface area contributed by atoms with Gasteiger partial charge in [0.2, 0.25) is 0 Å². The molecule has 0 aromatic heterocycles. The van der Waals surface area contributed by atoms with Crippen LogP contribution in [-0.2, 0) is 4.74 Å². The Morgan fingerprint density at radius 1 is 0.889 bits per heavy atom. The van der Waals surface area contributed by atoms with Crippen LogP contribution < -0.4 is 4.74 Å². The molecular weight excluding hydrogens is 450 g/mol. The Hall–Kier alpha value is -3.60. The summed E-state index contributed by atoms with van der Waals surface area (Å²) >= 11 is 0. The van der Waals surface area contributed by atoms with Gasteiger partial charge in [0.05, 0.1) is 12.7 Å². The van der Waals surface area contributed by atoms with E-state index in [-0.39, 0.29) is 35.8 Å². The number of ether oxygens (including phenoxy) is 2. The Kier molecular flexibility index (Phi) is 5.79. The lowest BCUT2D eigenvalue weighted by Crippen LogP contribution is -2.48. The number of methoxy groups -OCH3 is 1. The van der Waals surface area contributed by atoms with E-state index in [4.69, 9.17) is 9.47 Å². The first-order valence-corrected chi connectivity index (χ1v) is 12.9. The predicted octanol–water partition coefficient (Wildman–Crippen LogP) is 6.38. The summed E-state index contributed by atoms with van der Waals surface area (Å²) in [6.07, 6.45) is 2.95. The third-order valence-corrected chi connectivity index (χ3v) is 8.27. The van der Waals surface area contributed by atoms with Gasteiger partial charge in [-0.3, -0.25) is 4.79 Å². The minimum atomic E-state index is -0.247. The maximum atomic E-state index is 13.4. The van der Waals surface area contributed by atoms with Gasteiger partial charge < -0.3 is 14.4 Å². The molecule has 2 saturated heterocycles. The standard InChI is InChI=1S/C31H31NO4/c1-19-11-14-27(29(15-19)35-2)30(33)20-16-21-12-13-22(17-20)32(21)31(34)36-18-28-25-9-5-3-7-23(25)24-8-4-6-10-26(24)28/h3-11,14-15,20-22,28H,12-13,16-18H2,1-2H3. The highest BCUT2D eigenvalue weighted by Gasteiger charge is 2.46. The van der Waals surface area contributed by atoms with Gasteiger partial charge >= 0.3 is 6.09 Å². The largest absolute Gasteiger partial charge is 0.496 e. The number of amides is 1.